The summed E-state index contributed by atoms with van der Waals surface area (Å²) in [4.78, 5) is 12.2. The first-order valence-corrected chi connectivity index (χ1v) is 6.89. The van der Waals surface area contributed by atoms with Crippen LogP contribution in [0.1, 0.15) is 16.8 Å². The molecular weight excluding hydrogens is 273 g/mol. The van der Waals surface area contributed by atoms with Crippen LogP contribution in [0, 0.1) is 0 Å². The van der Waals surface area contributed by atoms with Crippen LogP contribution in [0.4, 0.5) is 4.39 Å². The van der Waals surface area contributed by atoms with Gasteiger partial charge < -0.3 is 15.2 Å². The molecule has 2 N–H and O–H groups in total. The van der Waals surface area contributed by atoms with Crippen molar-refractivity contribution in [1.29, 1.82) is 0 Å². The molecule has 2 aromatic rings. The number of rotatable bonds is 4. The molecule has 1 aromatic heterocycles. The molecule has 5 nitrogen and oxygen atoms in total. The lowest BCUT2D eigenvalue weighted by Gasteiger charge is -2.10. The maximum atomic E-state index is 13.1. The van der Waals surface area contributed by atoms with E-state index in [1.807, 2.05) is 30.3 Å². The Morgan fingerprint density at radius 3 is 2.95 bits per heavy atom. The van der Waals surface area contributed by atoms with Gasteiger partial charge in [-0.3, -0.25) is 4.79 Å². The Morgan fingerprint density at radius 2 is 2.24 bits per heavy atom. The van der Waals surface area contributed by atoms with Gasteiger partial charge in [0.15, 0.2) is 0 Å². The Kier molecular flexibility index (Phi) is 3.96. The van der Waals surface area contributed by atoms with E-state index in [1.54, 1.807) is 0 Å². The summed E-state index contributed by atoms with van der Waals surface area (Å²) in [5, 5.41) is 9.70. The van der Waals surface area contributed by atoms with E-state index in [0.717, 1.165) is 5.56 Å². The van der Waals surface area contributed by atoms with Gasteiger partial charge in [-0.1, -0.05) is 35.5 Å². The van der Waals surface area contributed by atoms with E-state index in [9.17, 15) is 9.18 Å². The Balaban J connectivity index is 1.67. The summed E-state index contributed by atoms with van der Waals surface area (Å²) in [6.07, 6.45) is 0.926. The van der Waals surface area contributed by atoms with E-state index >= 15 is 0 Å². The average Bonchev–Trinajstić information content (AvgIpc) is 3.14. The molecule has 0 radical (unpaired) electrons. The Hall–Kier alpha value is -2.21. The summed E-state index contributed by atoms with van der Waals surface area (Å²) in [5.74, 6) is -0.265. The number of hydrogen-bond acceptors (Lipinski definition) is 4. The van der Waals surface area contributed by atoms with Gasteiger partial charge in [0.05, 0.1) is 0 Å². The molecule has 0 saturated carbocycles. The number of aromatic nitrogens is 1. The zero-order chi connectivity index (χ0) is 14.7. The molecule has 1 amide bonds. The van der Waals surface area contributed by atoms with Crippen molar-refractivity contribution in [1.82, 2.24) is 15.8 Å². The minimum Gasteiger partial charge on any atom is -0.363 e. The van der Waals surface area contributed by atoms with E-state index in [1.165, 1.54) is 6.26 Å². The van der Waals surface area contributed by atoms with Crippen molar-refractivity contribution >= 4 is 5.91 Å². The number of amides is 1. The molecule has 1 saturated heterocycles. The standard InChI is InChI=1S/C15H16FN3O2/c16-11-6-12(17-7-11)8-18-15(20)13-9-21-19-14(13)10-4-2-1-3-5-10/h1-5,9,11-12,17H,6-8H2,(H,18,20)/t11-,12-/m0/s1. The maximum Gasteiger partial charge on any atom is 0.256 e. The van der Waals surface area contributed by atoms with Crippen LogP contribution in [-0.4, -0.2) is 36.4 Å². The number of carbonyl (C=O) groups is 1. The highest BCUT2D eigenvalue weighted by Gasteiger charge is 2.24. The number of nitrogens with one attached hydrogen (secondary N) is 2. The number of halogens is 1. The lowest BCUT2D eigenvalue weighted by atomic mass is 10.1. The monoisotopic (exact) mass is 289 g/mol. The highest BCUT2D eigenvalue weighted by molar-refractivity contribution is 5.99. The lowest BCUT2D eigenvalue weighted by Crippen LogP contribution is -2.37. The molecular formula is C15H16FN3O2. The summed E-state index contributed by atoms with van der Waals surface area (Å²) in [6.45, 7) is 0.738. The van der Waals surface area contributed by atoms with Crippen molar-refractivity contribution < 1.29 is 13.7 Å². The van der Waals surface area contributed by atoms with Gasteiger partial charge >= 0.3 is 0 Å². The second-order valence-electron chi connectivity index (χ2n) is 5.09. The van der Waals surface area contributed by atoms with Crippen LogP contribution in [0.2, 0.25) is 0 Å². The molecule has 2 atom stereocenters. The summed E-state index contributed by atoms with van der Waals surface area (Å²) < 4.78 is 18.0. The predicted octanol–water partition coefficient (Wildman–Crippen LogP) is 1.77. The van der Waals surface area contributed by atoms with E-state index in [-0.39, 0.29) is 11.9 Å². The first-order chi connectivity index (χ1) is 10.2. The first-order valence-electron chi connectivity index (χ1n) is 6.89. The zero-order valence-corrected chi connectivity index (χ0v) is 11.4. The van der Waals surface area contributed by atoms with E-state index < -0.39 is 6.17 Å². The van der Waals surface area contributed by atoms with Crippen molar-refractivity contribution in [2.24, 2.45) is 0 Å². The topological polar surface area (TPSA) is 67.2 Å². The second-order valence-corrected chi connectivity index (χ2v) is 5.09. The van der Waals surface area contributed by atoms with Crippen molar-refractivity contribution in [2.45, 2.75) is 18.6 Å². The molecule has 1 aliphatic rings. The molecule has 21 heavy (non-hydrogen) atoms. The largest absolute Gasteiger partial charge is 0.363 e. The van der Waals surface area contributed by atoms with Crippen LogP contribution in [0.3, 0.4) is 0 Å². The molecule has 0 spiro atoms. The molecule has 0 bridgehead atoms. The van der Waals surface area contributed by atoms with Crippen molar-refractivity contribution in [2.75, 3.05) is 13.1 Å². The van der Waals surface area contributed by atoms with E-state index in [2.05, 4.69) is 15.8 Å². The molecule has 110 valence electrons. The first kappa shape index (κ1) is 13.8. The molecule has 6 heteroatoms. The van der Waals surface area contributed by atoms with Gasteiger partial charge in [-0.15, -0.1) is 0 Å². The number of benzene rings is 1. The second kappa shape index (κ2) is 6.05. The van der Waals surface area contributed by atoms with Crippen molar-refractivity contribution in [3.63, 3.8) is 0 Å². The van der Waals surface area contributed by atoms with Crippen LogP contribution in [0.5, 0.6) is 0 Å². The quantitative estimate of drug-likeness (QED) is 0.900. The minimum absolute atomic E-state index is 0.0241. The van der Waals surface area contributed by atoms with Crippen LogP contribution < -0.4 is 10.6 Å². The number of alkyl halides is 1. The highest BCUT2D eigenvalue weighted by Crippen LogP contribution is 2.21. The third-order valence-electron chi connectivity index (χ3n) is 3.54. The van der Waals surface area contributed by atoms with E-state index in [0.29, 0.717) is 30.8 Å². The molecule has 2 heterocycles. The summed E-state index contributed by atoms with van der Waals surface area (Å²) in [5.41, 5.74) is 1.71. The average molecular weight is 289 g/mol. The predicted molar refractivity (Wildman–Crippen MR) is 75.6 cm³/mol. The molecule has 3 rings (SSSR count). The fourth-order valence-corrected chi connectivity index (χ4v) is 2.44. The van der Waals surface area contributed by atoms with Crippen molar-refractivity contribution in [3.8, 4) is 11.3 Å². The zero-order valence-electron chi connectivity index (χ0n) is 11.4. The van der Waals surface area contributed by atoms with Gasteiger partial charge in [0.25, 0.3) is 5.91 Å². The third-order valence-corrected chi connectivity index (χ3v) is 3.54. The fraction of sp³-hybridized carbons (Fsp3) is 0.333. The Morgan fingerprint density at radius 1 is 1.43 bits per heavy atom. The van der Waals surface area contributed by atoms with Gasteiger partial charge in [-0.05, 0) is 6.42 Å². The molecule has 0 unspecified atom stereocenters. The van der Waals surface area contributed by atoms with Gasteiger partial charge in [-0.2, -0.15) is 0 Å². The summed E-state index contributed by atoms with van der Waals surface area (Å²) >= 11 is 0. The minimum atomic E-state index is -0.831. The lowest BCUT2D eigenvalue weighted by molar-refractivity contribution is 0.0950. The normalized spacial score (nSPS) is 21.4. The third kappa shape index (κ3) is 3.11. The summed E-state index contributed by atoms with van der Waals surface area (Å²) in [7, 11) is 0. The SMILES string of the molecule is O=C(NC[C@@H]1C[C@H](F)CN1)c1conc1-c1ccccc1. The number of hydrogen-bond donors (Lipinski definition) is 2. The Bertz CT molecular complexity index is 614. The highest BCUT2D eigenvalue weighted by atomic mass is 19.1. The van der Waals surface area contributed by atoms with Gasteiger partial charge in [0.2, 0.25) is 0 Å². The van der Waals surface area contributed by atoms with Crippen molar-refractivity contribution in [3.05, 3.63) is 42.2 Å². The fourth-order valence-electron chi connectivity index (χ4n) is 2.44. The molecule has 1 fully saturated rings. The van der Waals surface area contributed by atoms with Crippen LogP contribution in [0.25, 0.3) is 11.3 Å². The number of nitrogens with zero attached hydrogens (tertiary/aromatic N) is 1. The van der Waals surface area contributed by atoms with E-state index in [4.69, 9.17) is 4.52 Å². The van der Waals surface area contributed by atoms with Gasteiger partial charge in [0.1, 0.15) is 23.7 Å². The van der Waals surface area contributed by atoms with Crippen LogP contribution >= 0.6 is 0 Å². The van der Waals surface area contributed by atoms with Crippen LogP contribution in [-0.2, 0) is 0 Å². The number of carbonyl (C=O) groups excluding carboxylic acids is 1. The van der Waals surface area contributed by atoms with Gasteiger partial charge in [0, 0.05) is 24.7 Å². The smallest absolute Gasteiger partial charge is 0.256 e. The van der Waals surface area contributed by atoms with Crippen LogP contribution in [0.15, 0.2) is 41.1 Å². The molecule has 1 aliphatic heterocycles. The maximum absolute atomic E-state index is 13.1. The molecule has 0 aliphatic carbocycles. The summed E-state index contributed by atoms with van der Waals surface area (Å²) in [6, 6.07) is 9.33. The van der Waals surface area contributed by atoms with Gasteiger partial charge in [-0.25, -0.2) is 4.39 Å². The molecule has 1 aromatic carbocycles. The Labute approximate surface area is 121 Å².